The summed E-state index contributed by atoms with van der Waals surface area (Å²) in [5.74, 6) is 0.431. The molecule has 2 aromatic carbocycles. The molecule has 1 aliphatic carbocycles. The first-order valence-corrected chi connectivity index (χ1v) is 8.78. The van der Waals surface area contributed by atoms with E-state index < -0.39 is 10.8 Å². The summed E-state index contributed by atoms with van der Waals surface area (Å²) in [6.45, 7) is 0. The first-order valence-electron chi connectivity index (χ1n) is 7.30. The summed E-state index contributed by atoms with van der Waals surface area (Å²) < 4.78 is 12.1. The molecule has 1 atom stereocenters. The first kappa shape index (κ1) is 15.0. The molecule has 0 radical (unpaired) electrons. The minimum absolute atomic E-state index is 0.0876. The van der Waals surface area contributed by atoms with E-state index in [0.29, 0.717) is 5.75 Å². The fraction of sp³-hybridized carbons (Fsp3) is 0.278. The maximum atomic E-state index is 12.1. The molecule has 1 aliphatic rings. The molecule has 2 aromatic rings. The minimum atomic E-state index is -1.16. The predicted octanol–water partition coefficient (Wildman–Crippen LogP) is 2.59. The third kappa shape index (κ3) is 2.97. The van der Waals surface area contributed by atoms with Gasteiger partial charge in [-0.15, -0.1) is 0 Å². The first-order chi connectivity index (χ1) is 10.5. The van der Waals surface area contributed by atoms with Crippen LogP contribution in [0.5, 0.6) is 0 Å². The molecule has 3 rings (SSSR count). The van der Waals surface area contributed by atoms with Crippen LogP contribution < -0.4 is 0 Å². The summed E-state index contributed by atoms with van der Waals surface area (Å²) in [6, 6.07) is 14.7. The maximum absolute atomic E-state index is 12.1. The van der Waals surface area contributed by atoms with E-state index in [1.54, 1.807) is 14.1 Å². The highest BCUT2D eigenvalue weighted by atomic mass is 32.2. The maximum Gasteiger partial charge on any atom is 0.234 e. The topological polar surface area (TPSA) is 37.4 Å². The number of hydrogen-bond donors (Lipinski definition) is 0. The second-order valence-corrected chi connectivity index (χ2v) is 7.30. The smallest absolute Gasteiger partial charge is 0.234 e. The van der Waals surface area contributed by atoms with Crippen molar-refractivity contribution in [1.29, 1.82) is 0 Å². The summed E-state index contributed by atoms with van der Waals surface area (Å²) >= 11 is 0. The van der Waals surface area contributed by atoms with Crippen LogP contribution in [0.1, 0.15) is 16.7 Å². The molecule has 0 heterocycles. The van der Waals surface area contributed by atoms with Crippen molar-refractivity contribution in [1.82, 2.24) is 4.90 Å². The second-order valence-electron chi connectivity index (χ2n) is 5.84. The summed E-state index contributed by atoms with van der Waals surface area (Å²) in [5.41, 5.74) is 6.24. The number of hydrogen-bond acceptors (Lipinski definition) is 2. The monoisotopic (exact) mass is 313 g/mol. The van der Waals surface area contributed by atoms with Gasteiger partial charge in [-0.05, 0) is 34.2 Å². The van der Waals surface area contributed by atoms with Crippen LogP contribution in [-0.2, 0) is 27.8 Å². The molecule has 0 N–H and O–H groups in total. The van der Waals surface area contributed by atoms with Gasteiger partial charge in [0.2, 0.25) is 5.91 Å². The lowest BCUT2D eigenvalue weighted by molar-refractivity contribution is -0.125. The van der Waals surface area contributed by atoms with E-state index >= 15 is 0 Å². The Morgan fingerprint density at radius 1 is 1.09 bits per heavy atom. The lowest BCUT2D eigenvalue weighted by Crippen LogP contribution is -2.27. The summed E-state index contributed by atoms with van der Waals surface area (Å²) in [6.07, 6.45) is 0.933. The Morgan fingerprint density at radius 3 is 2.59 bits per heavy atom. The van der Waals surface area contributed by atoms with Crippen LogP contribution in [0.2, 0.25) is 0 Å². The van der Waals surface area contributed by atoms with Crippen molar-refractivity contribution in [2.75, 3.05) is 19.8 Å². The molecule has 1 amide bonds. The zero-order valence-electron chi connectivity index (χ0n) is 12.8. The Bertz CT molecular complexity index is 753. The van der Waals surface area contributed by atoms with Gasteiger partial charge in [0.15, 0.2) is 0 Å². The Morgan fingerprint density at radius 2 is 1.82 bits per heavy atom. The average molecular weight is 313 g/mol. The number of benzene rings is 2. The zero-order chi connectivity index (χ0) is 15.7. The Labute approximate surface area is 133 Å². The number of amides is 1. The van der Waals surface area contributed by atoms with E-state index in [1.165, 1.54) is 27.2 Å². The van der Waals surface area contributed by atoms with E-state index in [1.807, 2.05) is 6.07 Å². The standard InChI is InChI=1S/C18H19NO2S/c1-19(2)18(20)12-22(21)11-13-7-8-17-15(9-13)10-14-5-3-4-6-16(14)17/h3-9H,10-12H2,1-2H3/t22-/m0/s1. The molecule has 0 saturated carbocycles. The van der Waals surface area contributed by atoms with Crippen LogP contribution in [-0.4, -0.2) is 34.9 Å². The third-order valence-corrected chi connectivity index (χ3v) is 5.19. The molecule has 22 heavy (non-hydrogen) atoms. The van der Waals surface area contributed by atoms with Crippen LogP contribution in [0, 0.1) is 0 Å². The van der Waals surface area contributed by atoms with Gasteiger partial charge in [0.1, 0.15) is 5.75 Å². The molecule has 0 saturated heterocycles. The van der Waals surface area contributed by atoms with Gasteiger partial charge in [0.05, 0.1) is 0 Å². The van der Waals surface area contributed by atoms with Crippen LogP contribution in [0.15, 0.2) is 42.5 Å². The molecule has 4 heteroatoms. The lowest BCUT2D eigenvalue weighted by Gasteiger charge is -2.10. The van der Waals surface area contributed by atoms with Crippen molar-refractivity contribution < 1.29 is 9.00 Å². The summed E-state index contributed by atoms with van der Waals surface area (Å²) in [4.78, 5) is 13.1. The zero-order valence-corrected chi connectivity index (χ0v) is 13.7. The molecule has 0 unspecified atom stereocenters. The number of carbonyl (C=O) groups is 1. The van der Waals surface area contributed by atoms with Crippen molar-refractivity contribution in [2.45, 2.75) is 12.2 Å². The Balaban J connectivity index is 1.75. The van der Waals surface area contributed by atoms with Crippen molar-refractivity contribution in [3.8, 4) is 11.1 Å². The highest BCUT2D eigenvalue weighted by Gasteiger charge is 2.18. The van der Waals surface area contributed by atoms with E-state index in [2.05, 4.69) is 36.4 Å². The van der Waals surface area contributed by atoms with Crippen LogP contribution in [0.4, 0.5) is 0 Å². The van der Waals surface area contributed by atoms with Gasteiger partial charge in [-0.2, -0.15) is 0 Å². The van der Waals surface area contributed by atoms with Crippen molar-refractivity contribution in [3.63, 3.8) is 0 Å². The third-order valence-electron chi connectivity index (χ3n) is 3.97. The van der Waals surface area contributed by atoms with Crippen molar-refractivity contribution in [2.24, 2.45) is 0 Å². The second kappa shape index (κ2) is 6.05. The van der Waals surface area contributed by atoms with Gasteiger partial charge < -0.3 is 4.90 Å². The van der Waals surface area contributed by atoms with Gasteiger partial charge in [-0.25, -0.2) is 0 Å². The highest BCUT2D eigenvalue weighted by Crippen LogP contribution is 2.36. The molecule has 0 aromatic heterocycles. The molecule has 3 nitrogen and oxygen atoms in total. The van der Waals surface area contributed by atoms with Gasteiger partial charge in [0.25, 0.3) is 0 Å². The molecule has 0 spiro atoms. The lowest BCUT2D eigenvalue weighted by atomic mass is 10.0. The average Bonchev–Trinajstić information content (AvgIpc) is 2.84. The quantitative estimate of drug-likeness (QED) is 0.742. The number of rotatable bonds is 4. The van der Waals surface area contributed by atoms with Crippen molar-refractivity contribution >= 4 is 16.7 Å². The van der Waals surface area contributed by atoms with Crippen LogP contribution >= 0.6 is 0 Å². The number of carbonyl (C=O) groups excluding carboxylic acids is 1. The number of nitrogens with zero attached hydrogens (tertiary/aromatic N) is 1. The Kier molecular flexibility index (Phi) is 4.12. The fourth-order valence-electron chi connectivity index (χ4n) is 2.79. The van der Waals surface area contributed by atoms with E-state index in [-0.39, 0.29) is 11.7 Å². The fourth-order valence-corrected chi connectivity index (χ4v) is 3.98. The van der Waals surface area contributed by atoms with Gasteiger partial charge in [-0.1, -0.05) is 42.5 Å². The van der Waals surface area contributed by atoms with Crippen molar-refractivity contribution in [3.05, 3.63) is 59.2 Å². The van der Waals surface area contributed by atoms with Crippen LogP contribution in [0.3, 0.4) is 0 Å². The van der Waals surface area contributed by atoms with Gasteiger partial charge >= 0.3 is 0 Å². The van der Waals surface area contributed by atoms with Crippen LogP contribution in [0.25, 0.3) is 11.1 Å². The molecule has 0 fully saturated rings. The SMILES string of the molecule is CN(C)C(=O)C[S@@](=O)Cc1ccc2c(c1)Cc1ccccc1-2. The molecule has 0 bridgehead atoms. The normalized spacial score (nSPS) is 13.4. The predicted molar refractivity (Wildman–Crippen MR) is 90.1 cm³/mol. The minimum Gasteiger partial charge on any atom is -0.348 e. The molecular formula is C18H19NO2S. The summed E-state index contributed by atoms with van der Waals surface area (Å²) in [5, 5.41) is 0. The summed E-state index contributed by atoms with van der Waals surface area (Å²) in [7, 11) is 2.21. The molecular weight excluding hydrogens is 294 g/mol. The molecule has 114 valence electrons. The number of fused-ring (bicyclic) bond motifs is 3. The highest BCUT2D eigenvalue weighted by molar-refractivity contribution is 7.84. The van der Waals surface area contributed by atoms with E-state index in [9.17, 15) is 9.00 Å². The van der Waals surface area contributed by atoms with Gasteiger partial charge in [-0.3, -0.25) is 9.00 Å². The van der Waals surface area contributed by atoms with E-state index in [0.717, 1.165) is 12.0 Å². The molecule has 0 aliphatic heterocycles. The Hall–Kier alpha value is -1.94. The van der Waals surface area contributed by atoms with Gasteiger partial charge in [0, 0.05) is 30.6 Å². The van der Waals surface area contributed by atoms with E-state index in [4.69, 9.17) is 0 Å². The largest absolute Gasteiger partial charge is 0.348 e.